The minimum absolute atomic E-state index is 0.0135. The van der Waals surface area contributed by atoms with E-state index < -0.39 is 0 Å². The van der Waals surface area contributed by atoms with Crippen LogP contribution in [0.25, 0.3) is 0 Å². The SMILES string of the molecule is COc1ccc(C)cc1C(=O)Cc1ncnn1C(C)C. The molecule has 0 radical (unpaired) electrons. The molecule has 5 heteroatoms. The van der Waals surface area contributed by atoms with Crippen molar-refractivity contribution in [3.63, 3.8) is 0 Å². The average molecular weight is 273 g/mol. The van der Waals surface area contributed by atoms with Crippen LogP contribution in [0.4, 0.5) is 0 Å². The molecule has 0 spiro atoms. The number of aromatic nitrogens is 3. The zero-order valence-corrected chi connectivity index (χ0v) is 12.3. The Morgan fingerprint density at radius 1 is 1.40 bits per heavy atom. The third-order valence-corrected chi connectivity index (χ3v) is 3.11. The molecule has 20 heavy (non-hydrogen) atoms. The molecule has 1 heterocycles. The third-order valence-electron chi connectivity index (χ3n) is 3.11. The summed E-state index contributed by atoms with van der Waals surface area (Å²) >= 11 is 0. The Morgan fingerprint density at radius 3 is 2.80 bits per heavy atom. The van der Waals surface area contributed by atoms with E-state index in [1.807, 2.05) is 39.0 Å². The Hall–Kier alpha value is -2.17. The van der Waals surface area contributed by atoms with Crippen LogP contribution in [0.2, 0.25) is 0 Å². The van der Waals surface area contributed by atoms with Crippen molar-refractivity contribution < 1.29 is 9.53 Å². The number of nitrogens with zero attached hydrogens (tertiary/aromatic N) is 3. The van der Waals surface area contributed by atoms with E-state index in [9.17, 15) is 4.79 Å². The quantitative estimate of drug-likeness (QED) is 0.786. The number of benzene rings is 1. The molecule has 2 rings (SSSR count). The number of carbonyl (C=O) groups excluding carboxylic acids is 1. The van der Waals surface area contributed by atoms with E-state index in [0.717, 1.165) is 5.56 Å². The smallest absolute Gasteiger partial charge is 0.174 e. The fraction of sp³-hybridized carbons (Fsp3) is 0.400. The summed E-state index contributed by atoms with van der Waals surface area (Å²) in [4.78, 5) is 16.6. The van der Waals surface area contributed by atoms with Gasteiger partial charge in [0.1, 0.15) is 17.9 Å². The van der Waals surface area contributed by atoms with Crippen LogP contribution in [0.1, 0.15) is 41.6 Å². The molecule has 0 bridgehead atoms. The van der Waals surface area contributed by atoms with Crippen LogP contribution >= 0.6 is 0 Å². The van der Waals surface area contributed by atoms with Crippen molar-refractivity contribution >= 4 is 5.78 Å². The Labute approximate surface area is 118 Å². The topological polar surface area (TPSA) is 57.0 Å². The van der Waals surface area contributed by atoms with Gasteiger partial charge in [-0.2, -0.15) is 5.10 Å². The summed E-state index contributed by atoms with van der Waals surface area (Å²) in [5.74, 6) is 1.25. The molecule has 0 atom stereocenters. The third kappa shape index (κ3) is 2.87. The van der Waals surface area contributed by atoms with E-state index >= 15 is 0 Å². The van der Waals surface area contributed by atoms with Crippen LogP contribution in [-0.2, 0) is 6.42 Å². The fourth-order valence-electron chi connectivity index (χ4n) is 2.11. The summed E-state index contributed by atoms with van der Waals surface area (Å²) in [5, 5.41) is 4.14. The van der Waals surface area contributed by atoms with Crippen molar-refractivity contribution in [1.82, 2.24) is 14.8 Å². The molecule has 0 aliphatic carbocycles. The molecule has 0 saturated heterocycles. The summed E-state index contributed by atoms with van der Waals surface area (Å²) in [6.07, 6.45) is 1.70. The maximum atomic E-state index is 12.5. The molecule has 0 unspecified atom stereocenters. The summed E-state index contributed by atoms with van der Waals surface area (Å²) in [6, 6.07) is 5.76. The first-order valence-electron chi connectivity index (χ1n) is 6.59. The van der Waals surface area contributed by atoms with Gasteiger partial charge in [-0.1, -0.05) is 11.6 Å². The highest BCUT2D eigenvalue weighted by Crippen LogP contribution is 2.21. The lowest BCUT2D eigenvalue weighted by Gasteiger charge is -2.11. The molecule has 0 aliphatic heterocycles. The molecule has 0 N–H and O–H groups in total. The molecular weight excluding hydrogens is 254 g/mol. The van der Waals surface area contributed by atoms with Gasteiger partial charge >= 0.3 is 0 Å². The van der Waals surface area contributed by atoms with Gasteiger partial charge in [0.2, 0.25) is 0 Å². The van der Waals surface area contributed by atoms with Crippen LogP contribution in [0.5, 0.6) is 5.75 Å². The molecule has 5 nitrogen and oxygen atoms in total. The summed E-state index contributed by atoms with van der Waals surface area (Å²) in [7, 11) is 1.57. The van der Waals surface area contributed by atoms with Gasteiger partial charge in [0.15, 0.2) is 5.78 Å². The van der Waals surface area contributed by atoms with Crippen molar-refractivity contribution in [2.75, 3.05) is 7.11 Å². The van der Waals surface area contributed by atoms with Gasteiger partial charge in [0.25, 0.3) is 0 Å². The largest absolute Gasteiger partial charge is 0.496 e. The first-order chi connectivity index (χ1) is 9.52. The molecular formula is C15H19N3O2. The van der Waals surface area contributed by atoms with Gasteiger partial charge in [-0.25, -0.2) is 9.67 Å². The van der Waals surface area contributed by atoms with Crippen molar-refractivity contribution in [3.8, 4) is 5.75 Å². The summed E-state index contributed by atoms with van der Waals surface area (Å²) in [5.41, 5.74) is 1.62. The maximum Gasteiger partial charge on any atom is 0.174 e. The fourth-order valence-corrected chi connectivity index (χ4v) is 2.11. The van der Waals surface area contributed by atoms with E-state index in [2.05, 4.69) is 10.1 Å². The zero-order chi connectivity index (χ0) is 14.7. The number of aryl methyl sites for hydroxylation is 1. The zero-order valence-electron chi connectivity index (χ0n) is 12.3. The van der Waals surface area contributed by atoms with Crippen LogP contribution < -0.4 is 4.74 Å². The minimum atomic E-state index is -0.0135. The summed E-state index contributed by atoms with van der Waals surface area (Å²) < 4.78 is 7.02. The molecule has 1 aromatic heterocycles. The van der Waals surface area contributed by atoms with Gasteiger partial charge in [-0.05, 0) is 32.9 Å². The minimum Gasteiger partial charge on any atom is -0.496 e. The highest BCUT2D eigenvalue weighted by Gasteiger charge is 2.17. The Kier molecular flexibility index (Phi) is 4.17. The number of ketones is 1. The average Bonchev–Trinajstić information content (AvgIpc) is 2.87. The molecule has 0 aliphatic rings. The standard InChI is InChI=1S/C15H19N3O2/c1-10(2)18-15(16-9-17-18)8-13(19)12-7-11(3)5-6-14(12)20-4/h5-7,9-10H,8H2,1-4H3. The number of methoxy groups -OCH3 is 1. The molecule has 1 aromatic carbocycles. The first-order valence-corrected chi connectivity index (χ1v) is 6.59. The molecule has 0 fully saturated rings. The Bertz CT molecular complexity index is 617. The van der Waals surface area contributed by atoms with Crippen molar-refractivity contribution in [3.05, 3.63) is 41.5 Å². The molecule has 0 amide bonds. The van der Waals surface area contributed by atoms with Gasteiger partial charge < -0.3 is 4.74 Å². The number of hydrogen-bond acceptors (Lipinski definition) is 4. The van der Waals surface area contributed by atoms with E-state index in [1.165, 1.54) is 6.33 Å². The van der Waals surface area contributed by atoms with Gasteiger partial charge in [-0.15, -0.1) is 0 Å². The van der Waals surface area contributed by atoms with Gasteiger partial charge in [-0.3, -0.25) is 4.79 Å². The lowest BCUT2D eigenvalue weighted by atomic mass is 10.0. The molecule has 0 saturated carbocycles. The Balaban J connectivity index is 2.28. The predicted octanol–water partition coefficient (Wildman–Crippen LogP) is 2.60. The Morgan fingerprint density at radius 2 is 2.15 bits per heavy atom. The number of hydrogen-bond donors (Lipinski definition) is 0. The van der Waals surface area contributed by atoms with Crippen LogP contribution in [0.3, 0.4) is 0 Å². The number of rotatable bonds is 5. The second-order valence-corrected chi connectivity index (χ2v) is 5.02. The number of Topliss-reactive ketones (excluding diaryl/α,β-unsaturated/α-hetero) is 1. The number of ether oxygens (including phenoxy) is 1. The highest BCUT2D eigenvalue weighted by atomic mass is 16.5. The second-order valence-electron chi connectivity index (χ2n) is 5.02. The van der Waals surface area contributed by atoms with Crippen LogP contribution in [0.15, 0.2) is 24.5 Å². The van der Waals surface area contributed by atoms with Crippen molar-refractivity contribution in [2.24, 2.45) is 0 Å². The molecule has 2 aromatic rings. The van der Waals surface area contributed by atoms with E-state index in [4.69, 9.17) is 4.74 Å². The van der Waals surface area contributed by atoms with E-state index in [-0.39, 0.29) is 18.2 Å². The lowest BCUT2D eigenvalue weighted by Crippen LogP contribution is -2.14. The van der Waals surface area contributed by atoms with E-state index in [0.29, 0.717) is 17.1 Å². The first kappa shape index (κ1) is 14.2. The number of carbonyl (C=O) groups is 1. The van der Waals surface area contributed by atoms with Gasteiger partial charge in [0.05, 0.1) is 19.1 Å². The highest BCUT2D eigenvalue weighted by molar-refractivity contribution is 5.99. The van der Waals surface area contributed by atoms with Crippen LogP contribution in [-0.4, -0.2) is 27.7 Å². The van der Waals surface area contributed by atoms with Crippen LogP contribution in [0, 0.1) is 6.92 Å². The van der Waals surface area contributed by atoms with Crippen molar-refractivity contribution in [2.45, 2.75) is 33.2 Å². The van der Waals surface area contributed by atoms with E-state index in [1.54, 1.807) is 11.8 Å². The predicted molar refractivity (Wildman–Crippen MR) is 76.2 cm³/mol. The van der Waals surface area contributed by atoms with Crippen molar-refractivity contribution in [1.29, 1.82) is 0 Å². The normalized spacial score (nSPS) is 10.8. The lowest BCUT2D eigenvalue weighted by molar-refractivity contribution is 0.0986. The van der Waals surface area contributed by atoms with Gasteiger partial charge in [0, 0.05) is 6.04 Å². The maximum absolute atomic E-state index is 12.5. The second kappa shape index (κ2) is 5.86. The summed E-state index contributed by atoms with van der Waals surface area (Å²) in [6.45, 7) is 5.97. The monoisotopic (exact) mass is 273 g/mol. The molecule has 106 valence electrons.